The van der Waals surface area contributed by atoms with E-state index in [0.717, 1.165) is 33.3 Å². The first-order chi connectivity index (χ1) is 28.9. The normalized spacial score (nSPS) is 15.5. The molecule has 1 heterocycles. The van der Waals surface area contributed by atoms with E-state index in [1.165, 1.54) is 0 Å². The van der Waals surface area contributed by atoms with E-state index in [9.17, 15) is 24.0 Å². The Morgan fingerprint density at radius 3 is 2.18 bits per heavy atom. The number of primary amides is 1. The lowest BCUT2D eigenvalue weighted by atomic mass is 9.78. The van der Waals surface area contributed by atoms with E-state index in [0.29, 0.717) is 34.8 Å². The number of amides is 4. The number of hydrogen-bond donors (Lipinski definition) is 5. The monoisotopic (exact) mass is 855 g/mol. The number of halogens is 2. The van der Waals surface area contributed by atoms with Crippen LogP contribution in [0.15, 0.2) is 97.1 Å². The molecule has 60 heavy (non-hydrogen) atoms. The van der Waals surface area contributed by atoms with Gasteiger partial charge in [0, 0.05) is 35.5 Å². The van der Waals surface area contributed by atoms with Crippen molar-refractivity contribution in [3.8, 4) is 5.75 Å². The molecule has 314 valence electrons. The summed E-state index contributed by atoms with van der Waals surface area (Å²) in [6.45, 7) is 2.09. The average Bonchev–Trinajstić information content (AvgIpc) is 3.61. The Labute approximate surface area is 357 Å². The molecule has 6 N–H and O–H groups in total. The second-order valence-electron chi connectivity index (χ2n) is 14.9. The van der Waals surface area contributed by atoms with Crippen molar-refractivity contribution < 1.29 is 38.2 Å². The number of aromatic nitrogens is 1. The molecule has 0 radical (unpaired) electrons. The molecule has 0 unspecified atom stereocenters. The number of nitrogens with two attached hydrogens (primary N) is 1. The Bertz CT molecular complexity index is 2310. The second kappa shape index (κ2) is 20.3. The van der Waals surface area contributed by atoms with Crippen LogP contribution in [0.5, 0.6) is 5.75 Å². The number of carbonyl (C=O) groups is 5. The SMILES string of the molecule is CC[C@H](CNC(=O)[C@@]1(NC(=O)[C@H](CCc2ccc(OC(=O)OCc3ccccc3)cc2)NC(=O)OCc2ccccc2)CCc2[nH]c3c(Cl)cc(Cl)cc3c2C1)CC(N)=O. The van der Waals surface area contributed by atoms with Crippen LogP contribution in [0, 0.1) is 5.92 Å². The molecule has 0 saturated heterocycles. The van der Waals surface area contributed by atoms with Crippen LogP contribution < -0.4 is 26.4 Å². The molecule has 13 nitrogen and oxygen atoms in total. The van der Waals surface area contributed by atoms with Crippen molar-refractivity contribution in [3.63, 3.8) is 0 Å². The van der Waals surface area contributed by atoms with Gasteiger partial charge in [0.15, 0.2) is 0 Å². The fourth-order valence-corrected chi connectivity index (χ4v) is 7.80. The molecule has 1 aliphatic carbocycles. The number of benzene rings is 4. The molecule has 0 spiro atoms. The third-order valence-corrected chi connectivity index (χ3v) is 11.1. The van der Waals surface area contributed by atoms with Gasteiger partial charge in [0.25, 0.3) is 0 Å². The Morgan fingerprint density at radius 2 is 1.53 bits per heavy atom. The first-order valence-corrected chi connectivity index (χ1v) is 20.5. The van der Waals surface area contributed by atoms with E-state index in [-0.39, 0.29) is 57.1 Å². The van der Waals surface area contributed by atoms with Crippen LogP contribution in [0.1, 0.15) is 60.6 Å². The maximum absolute atomic E-state index is 14.5. The summed E-state index contributed by atoms with van der Waals surface area (Å²) in [5, 5.41) is 10.3. The first kappa shape index (κ1) is 43.5. The van der Waals surface area contributed by atoms with Crippen LogP contribution in [-0.4, -0.2) is 53.1 Å². The Hall–Kier alpha value is -6.05. The van der Waals surface area contributed by atoms with Crippen molar-refractivity contribution in [2.75, 3.05) is 6.54 Å². The number of aryl methyl sites for hydroxylation is 2. The molecular formula is C45H47Cl2N5O8. The molecule has 1 aliphatic rings. The summed E-state index contributed by atoms with van der Waals surface area (Å²) in [5.41, 5.74) is 8.67. The van der Waals surface area contributed by atoms with Crippen LogP contribution in [0.2, 0.25) is 10.0 Å². The number of hydrogen-bond acceptors (Lipinski definition) is 8. The van der Waals surface area contributed by atoms with Gasteiger partial charge in [-0.15, -0.1) is 0 Å². The van der Waals surface area contributed by atoms with Gasteiger partial charge in [-0.05, 0) is 78.1 Å². The second-order valence-corrected chi connectivity index (χ2v) is 15.7. The molecular weight excluding hydrogens is 809 g/mol. The van der Waals surface area contributed by atoms with Crippen molar-refractivity contribution >= 4 is 64.1 Å². The van der Waals surface area contributed by atoms with Crippen molar-refractivity contribution in [2.45, 2.75) is 76.7 Å². The van der Waals surface area contributed by atoms with Gasteiger partial charge in [-0.1, -0.05) is 109 Å². The summed E-state index contributed by atoms with van der Waals surface area (Å²) in [4.78, 5) is 69.6. The highest BCUT2D eigenvalue weighted by molar-refractivity contribution is 6.38. The number of nitrogens with one attached hydrogen (secondary N) is 4. The number of alkyl carbamates (subject to hydrolysis) is 1. The third kappa shape index (κ3) is 11.6. The van der Waals surface area contributed by atoms with Gasteiger partial charge < -0.3 is 40.9 Å². The fourth-order valence-electron chi connectivity index (χ4n) is 7.26. The molecule has 4 amide bonds. The third-order valence-electron chi connectivity index (χ3n) is 10.6. The summed E-state index contributed by atoms with van der Waals surface area (Å²) in [6.07, 6.45) is 0.109. The van der Waals surface area contributed by atoms with E-state index in [4.69, 9.17) is 43.1 Å². The maximum atomic E-state index is 14.5. The molecule has 0 fully saturated rings. The van der Waals surface area contributed by atoms with Gasteiger partial charge in [0.05, 0.1) is 10.5 Å². The molecule has 15 heteroatoms. The van der Waals surface area contributed by atoms with E-state index in [2.05, 4.69) is 20.9 Å². The van der Waals surface area contributed by atoms with Crippen LogP contribution in [0.4, 0.5) is 9.59 Å². The molecule has 4 aromatic carbocycles. The van der Waals surface area contributed by atoms with E-state index >= 15 is 0 Å². The molecule has 0 aliphatic heterocycles. The zero-order chi connectivity index (χ0) is 42.6. The number of H-pyrrole nitrogens is 1. The Balaban J connectivity index is 1.21. The quantitative estimate of drug-likeness (QED) is 0.0470. The number of rotatable bonds is 17. The van der Waals surface area contributed by atoms with Gasteiger partial charge in [0.2, 0.25) is 17.7 Å². The van der Waals surface area contributed by atoms with Crippen molar-refractivity contribution in [3.05, 3.63) is 135 Å². The zero-order valence-corrected chi connectivity index (χ0v) is 34.6. The average molecular weight is 857 g/mol. The number of aromatic amines is 1. The van der Waals surface area contributed by atoms with E-state index in [1.807, 2.05) is 67.6 Å². The van der Waals surface area contributed by atoms with Gasteiger partial charge in [-0.25, -0.2) is 9.59 Å². The summed E-state index contributed by atoms with van der Waals surface area (Å²) < 4.78 is 16.1. The summed E-state index contributed by atoms with van der Waals surface area (Å²) in [7, 11) is 0. The minimum atomic E-state index is -1.47. The standard InChI is InChI=1S/C45H47Cl2N5O8/c1-2-28(21-39(48)53)25-49-42(55)45(20-19-37-35(24-45)34-22-32(46)23-36(47)40(34)50-37)52-41(54)38(51-43(56)58-26-30-9-5-3-6-10-30)18-15-29-13-16-33(17-14-29)60-44(57)59-27-31-11-7-4-8-12-31/h3-14,16-17,22-23,28,38,50H,2,15,18-21,24-27H2,1H3,(H2,48,53)(H,49,55)(H,51,56)(H,52,54)/t28-,38-,45+/m0/s1. The lowest BCUT2D eigenvalue weighted by molar-refractivity contribution is -0.135. The number of carbonyl (C=O) groups excluding carboxylic acids is 5. The predicted octanol–water partition coefficient (Wildman–Crippen LogP) is 7.48. The molecule has 0 saturated carbocycles. The topological polar surface area (TPSA) is 191 Å². The number of fused-ring (bicyclic) bond motifs is 3. The lowest BCUT2D eigenvalue weighted by Gasteiger charge is -2.38. The van der Waals surface area contributed by atoms with Crippen LogP contribution >= 0.6 is 23.2 Å². The fraction of sp³-hybridized carbons (Fsp3) is 0.311. The van der Waals surface area contributed by atoms with E-state index < -0.39 is 41.6 Å². The summed E-state index contributed by atoms with van der Waals surface area (Å²) in [5.74, 6) is -1.49. The van der Waals surface area contributed by atoms with Gasteiger partial charge >= 0.3 is 12.2 Å². The van der Waals surface area contributed by atoms with Gasteiger partial charge in [-0.2, -0.15) is 0 Å². The highest BCUT2D eigenvalue weighted by atomic mass is 35.5. The van der Waals surface area contributed by atoms with Crippen molar-refractivity contribution in [1.29, 1.82) is 0 Å². The van der Waals surface area contributed by atoms with Crippen molar-refractivity contribution in [1.82, 2.24) is 20.9 Å². The highest BCUT2D eigenvalue weighted by Crippen LogP contribution is 2.38. The lowest BCUT2D eigenvalue weighted by Crippen LogP contribution is -2.64. The van der Waals surface area contributed by atoms with Crippen LogP contribution in [0.25, 0.3) is 10.9 Å². The maximum Gasteiger partial charge on any atom is 0.514 e. The highest BCUT2D eigenvalue weighted by Gasteiger charge is 2.45. The van der Waals surface area contributed by atoms with Crippen LogP contribution in [-0.2, 0) is 56.3 Å². The van der Waals surface area contributed by atoms with Gasteiger partial charge in [0.1, 0.15) is 30.5 Å². The smallest absolute Gasteiger partial charge is 0.445 e. The van der Waals surface area contributed by atoms with Crippen molar-refractivity contribution in [2.24, 2.45) is 11.7 Å². The number of ether oxygens (including phenoxy) is 3. The summed E-state index contributed by atoms with van der Waals surface area (Å²) >= 11 is 13.0. The Morgan fingerprint density at radius 1 is 0.867 bits per heavy atom. The summed E-state index contributed by atoms with van der Waals surface area (Å²) in [6, 6.07) is 27.3. The van der Waals surface area contributed by atoms with Crippen LogP contribution in [0.3, 0.4) is 0 Å². The minimum Gasteiger partial charge on any atom is -0.445 e. The zero-order valence-electron chi connectivity index (χ0n) is 33.1. The molecule has 3 atom stereocenters. The van der Waals surface area contributed by atoms with E-state index in [1.54, 1.807) is 36.4 Å². The largest absolute Gasteiger partial charge is 0.514 e. The molecule has 6 rings (SSSR count). The molecule has 1 aromatic heterocycles. The first-order valence-electron chi connectivity index (χ1n) is 19.7. The van der Waals surface area contributed by atoms with Gasteiger partial charge in [-0.3, -0.25) is 14.4 Å². The Kier molecular flexibility index (Phi) is 14.7. The molecule has 0 bridgehead atoms. The molecule has 5 aromatic rings. The predicted molar refractivity (Wildman–Crippen MR) is 227 cm³/mol. The minimum absolute atomic E-state index is 0.0268.